The van der Waals surface area contributed by atoms with E-state index in [4.69, 9.17) is 20.0 Å². The average molecular weight is 683 g/mol. The molecule has 15 heteroatoms. The Morgan fingerprint density at radius 1 is 0.800 bits per heavy atom. The summed E-state index contributed by atoms with van der Waals surface area (Å²) in [7, 11) is 5.53. The van der Waals surface area contributed by atoms with Gasteiger partial charge in [0.15, 0.2) is 23.9 Å². The van der Waals surface area contributed by atoms with Crippen LogP contribution in [0.5, 0.6) is 11.5 Å². The predicted molar refractivity (Wildman–Crippen MR) is 174 cm³/mol. The number of ether oxygens (including phenoxy) is 2. The number of hydrogen-bond acceptors (Lipinski definition) is 10. The zero-order valence-electron chi connectivity index (χ0n) is 27.7. The molecule has 0 spiro atoms. The molecule has 0 aliphatic carbocycles. The Bertz CT molecular complexity index is 1250. The number of nitrogens with zero attached hydrogens (tertiary/aromatic N) is 2. The number of quaternary nitrogens is 2. The molecule has 0 amide bonds. The molecule has 13 nitrogen and oxygen atoms in total. The fourth-order valence-electron chi connectivity index (χ4n) is 3.01. The summed E-state index contributed by atoms with van der Waals surface area (Å²) in [4.78, 5) is 1.43. The maximum absolute atomic E-state index is 9.47. The Morgan fingerprint density at radius 2 is 1.24 bits per heavy atom. The van der Waals surface area contributed by atoms with E-state index < -0.39 is 20.2 Å². The van der Waals surface area contributed by atoms with Crippen molar-refractivity contribution < 1.29 is 59.4 Å². The van der Waals surface area contributed by atoms with E-state index in [1.807, 2.05) is 43.9 Å². The minimum atomic E-state index is -3.72. The first kappa shape index (κ1) is 46.8. The van der Waals surface area contributed by atoms with Crippen molar-refractivity contribution in [1.82, 2.24) is 0 Å². The molecule has 262 valence electrons. The summed E-state index contributed by atoms with van der Waals surface area (Å²) in [6, 6.07) is 10.4. The highest BCUT2D eigenvalue weighted by Gasteiger charge is 2.10. The molecule has 1 N–H and O–H groups in total. The molecule has 1 heterocycles. The monoisotopic (exact) mass is 682 g/mol. The molecule has 0 saturated carbocycles. The Hall–Kier alpha value is -2.63. The number of aryl methyl sites for hydroxylation is 1. The number of aromatic nitrogens is 1. The molecule has 0 radical (unpaired) electrons. The Balaban J connectivity index is -0.000000985. The third-order valence-electron chi connectivity index (χ3n) is 5.00. The highest BCUT2D eigenvalue weighted by atomic mass is 32.2. The maximum atomic E-state index is 9.47. The zero-order chi connectivity index (χ0) is 34.4. The SMILES string of the molecule is C.CC.CS(=O)(=O)O[O-].CS(=O)(=O)O[O-].C[n+]1ccc(/C=C/c2ccc(OCCC[N+](C)(C)C)c(OCCC[NH+](C)C)c2)cc1. The summed E-state index contributed by atoms with van der Waals surface area (Å²) in [6.07, 6.45) is 11.7. The largest absolute Gasteiger partial charge is 0.707 e. The van der Waals surface area contributed by atoms with Crippen LogP contribution in [0.3, 0.4) is 0 Å². The molecule has 45 heavy (non-hydrogen) atoms. The first-order valence-electron chi connectivity index (χ1n) is 14.0. The summed E-state index contributed by atoms with van der Waals surface area (Å²) < 4.78 is 58.3. The number of rotatable bonds is 14. The van der Waals surface area contributed by atoms with Crippen molar-refractivity contribution in [2.24, 2.45) is 7.05 Å². The summed E-state index contributed by atoms with van der Waals surface area (Å²) in [6.45, 7) is 7.56. The van der Waals surface area contributed by atoms with E-state index in [1.165, 1.54) is 10.5 Å². The fraction of sp³-hybridized carbons (Fsp3) is 0.567. The van der Waals surface area contributed by atoms with Crippen LogP contribution in [-0.4, -0.2) is 95.4 Å². The molecule has 0 unspecified atom stereocenters. The van der Waals surface area contributed by atoms with Crippen molar-refractivity contribution in [2.45, 2.75) is 34.1 Å². The van der Waals surface area contributed by atoms with Crippen molar-refractivity contribution in [2.75, 3.05) is 74.1 Å². The fourth-order valence-corrected chi connectivity index (χ4v) is 3.01. The molecule has 0 aliphatic rings. The second-order valence-electron chi connectivity index (χ2n) is 10.8. The number of pyridine rings is 1. The predicted octanol–water partition coefficient (Wildman–Crippen LogP) is 0.208. The van der Waals surface area contributed by atoms with Gasteiger partial charge < -0.3 is 38.0 Å². The highest BCUT2D eigenvalue weighted by Crippen LogP contribution is 2.29. The van der Waals surface area contributed by atoms with E-state index in [0.717, 1.165) is 47.5 Å². The van der Waals surface area contributed by atoms with E-state index in [1.54, 1.807) is 0 Å². The van der Waals surface area contributed by atoms with E-state index in [9.17, 15) is 16.8 Å². The van der Waals surface area contributed by atoms with E-state index >= 15 is 0 Å². The number of nitrogens with one attached hydrogen (secondary N) is 1. The first-order valence-corrected chi connectivity index (χ1v) is 17.6. The van der Waals surface area contributed by atoms with Crippen LogP contribution in [0.1, 0.15) is 45.2 Å². The van der Waals surface area contributed by atoms with Gasteiger partial charge >= 0.3 is 0 Å². The molecule has 0 atom stereocenters. The minimum Gasteiger partial charge on any atom is -0.707 e. The second-order valence-corrected chi connectivity index (χ2v) is 13.8. The molecule has 0 saturated heterocycles. The van der Waals surface area contributed by atoms with Crippen LogP contribution in [0.4, 0.5) is 0 Å². The second kappa shape index (κ2) is 24.6. The first-order chi connectivity index (χ1) is 20.3. The van der Waals surface area contributed by atoms with Crippen molar-refractivity contribution >= 4 is 32.4 Å². The van der Waals surface area contributed by atoms with Gasteiger partial charge in [0.05, 0.1) is 74.1 Å². The van der Waals surface area contributed by atoms with E-state index in [2.05, 4.69) is 80.3 Å². The lowest BCUT2D eigenvalue weighted by atomic mass is 10.1. The van der Waals surface area contributed by atoms with Gasteiger partial charge in [-0.25, -0.2) is 21.4 Å². The van der Waals surface area contributed by atoms with Gasteiger partial charge in [-0.05, 0) is 23.3 Å². The van der Waals surface area contributed by atoms with Crippen molar-refractivity contribution in [1.29, 1.82) is 0 Å². The van der Waals surface area contributed by atoms with Gasteiger partial charge in [-0.1, -0.05) is 39.5 Å². The quantitative estimate of drug-likeness (QED) is 0.0960. The number of hydrogen-bond donors (Lipinski definition) is 1. The number of benzene rings is 1. The van der Waals surface area contributed by atoms with Gasteiger partial charge in [-0.3, -0.25) is 0 Å². The molecular formula is C30H56N3O10S2+. The smallest absolute Gasteiger partial charge is 0.255 e. The Morgan fingerprint density at radius 3 is 1.69 bits per heavy atom. The summed E-state index contributed by atoms with van der Waals surface area (Å²) in [5.41, 5.74) is 2.28. The molecular weight excluding hydrogens is 626 g/mol. The van der Waals surface area contributed by atoms with Crippen LogP contribution in [0, 0.1) is 0 Å². The topological polar surface area (TPSA) is 160 Å². The van der Waals surface area contributed by atoms with Crippen LogP contribution >= 0.6 is 0 Å². The van der Waals surface area contributed by atoms with Gasteiger partial charge in [0.25, 0.3) is 20.2 Å². The molecule has 2 aromatic rings. The molecule has 1 aromatic heterocycles. The lowest BCUT2D eigenvalue weighted by Gasteiger charge is -2.23. The van der Waals surface area contributed by atoms with E-state index in [-0.39, 0.29) is 7.43 Å². The maximum Gasteiger partial charge on any atom is 0.255 e. The van der Waals surface area contributed by atoms with Crippen molar-refractivity contribution in [3.05, 3.63) is 53.9 Å². The Kier molecular flexibility index (Phi) is 25.6. The van der Waals surface area contributed by atoms with Gasteiger partial charge in [0.1, 0.15) is 7.05 Å². The summed E-state index contributed by atoms with van der Waals surface area (Å²) in [5, 5.41) is 17.7. The lowest BCUT2D eigenvalue weighted by molar-refractivity contribution is -0.870. The van der Waals surface area contributed by atoms with Crippen LogP contribution in [-0.2, 0) is 36.0 Å². The normalized spacial score (nSPS) is 11.2. The molecule has 0 aliphatic heterocycles. The van der Waals surface area contributed by atoms with Crippen LogP contribution < -0.4 is 29.5 Å². The molecule has 0 fully saturated rings. The third kappa shape index (κ3) is 29.8. The molecule has 2 rings (SSSR count). The molecule has 1 aromatic carbocycles. The van der Waals surface area contributed by atoms with Crippen molar-refractivity contribution in [3.8, 4) is 11.5 Å². The lowest BCUT2D eigenvalue weighted by Crippen LogP contribution is -3.05. The van der Waals surface area contributed by atoms with Gasteiger partial charge in [0.2, 0.25) is 0 Å². The van der Waals surface area contributed by atoms with Crippen LogP contribution in [0.15, 0.2) is 42.7 Å². The van der Waals surface area contributed by atoms with Crippen LogP contribution in [0.2, 0.25) is 0 Å². The van der Waals surface area contributed by atoms with Gasteiger partial charge in [0, 0.05) is 25.0 Å². The molecule has 0 bridgehead atoms. The average Bonchev–Trinajstić information content (AvgIpc) is 2.94. The highest BCUT2D eigenvalue weighted by molar-refractivity contribution is 7.86. The van der Waals surface area contributed by atoms with E-state index in [0.29, 0.717) is 25.7 Å². The van der Waals surface area contributed by atoms with Gasteiger partial charge in [-0.2, -0.15) is 0 Å². The summed E-state index contributed by atoms with van der Waals surface area (Å²) in [5.74, 6) is 1.66. The van der Waals surface area contributed by atoms with Gasteiger partial charge in [-0.15, -0.1) is 0 Å². The van der Waals surface area contributed by atoms with Crippen molar-refractivity contribution in [3.63, 3.8) is 0 Å². The third-order valence-corrected chi connectivity index (χ3v) is 5.49. The summed E-state index contributed by atoms with van der Waals surface area (Å²) >= 11 is 0. The zero-order valence-corrected chi connectivity index (χ0v) is 29.4. The Labute approximate surface area is 271 Å². The standard InChI is InChI=1S/C25H39N3O2.C2H6.2CH4O4S.CH4/c1-26(2)15-7-19-30-25-21-23(10-9-22-13-16-27(3)17-14-22)11-12-24(25)29-20-8-18-28(4,5)6;1-2;2*1-6(3,4)5-2;/h9-14,16-17,21H,7-8,15,18-20H2,1-6H3;1-2H3;2*2H,1H3;1H4/q+2;;;;/p-1/b10-9+;;;;. The van der Waals surface area contributed by atoms with Crippen LogP contribution in [0.25, 0.3) is 12.2 Å². The minimum absolute atomic E-state index is 0.